The third-order valence-corrected chi connectivity index (χ3v) is 7.14. The molecule has 0 radical (unpaired) electrons. The van der Waals surface area contributed by atoms with E-state index in [2.05, 4.69) is 4.90 Å². The minimum Gasteiger partial charge on any atom is -0.497 e. The summed E-state index contributed by atoms with van der Waals surface area (Å²) in [6.45, 7) is 4.49. The van der Waals surface area contributed by atoms with Gasteiger partial charge >= 0.3 is 0 Å². The maximum absolute atomic E-state index is 13.1. The van der Waals surface area contributed by atoms with Crippen molar-refractivity contribution >= 4 is 5.91 Å². The standard InChI is InChI=1S/C23H34N2O5/c1-28-19-10-17(11-20(12-19)29-2)22(27)24-8-5-23(6-9-24)13-21(30-16-23)14-25-7-3-4-18(25)15-26/h10-12,18,21,26H,3-9,13-16H2,1-2H3/t18-,21-/m0/s1. The van der Waals surface area contributed by atoms with Gasteiger partial charge in [0.25, 0.3) is 5.91 Å². The average Bonchev–Trinajstić information content (AvgIpc) is 3.40. The molecule has 30 heavy (non-hydrogen) atoms. The quantitative estimate of drug-likeness (QED) is 0.764. The molecule has 1 spiro atoms. The number of nitrogens with zero attached hydrogens (tertiary/aromatic N) is 2. The lowest BCUT2D eigenvalue weighted by Gasteiger charge is -2.38. The van der Waals surface area contributed by atoms with Crippen molar-refractivity contribution in [2.45, 2.75) is 44.2 Å². The topological polar surface area (TPSA) is 71.5 Å². The number of piperidine rings is 1. The molecule has 3 heterocycles. The van der Waals surface area contributed by atoms with Crippen LogP contribution in [0.1, 0.15) is 42.5 Å². The minimum atomic E-state index is 0.0281. The summed E-state index contributed by atoms with van der Waals surface area (Å²) >= 11 is 0. The van der Waals surface area contributed by atoms with Crippen LogP contribution in [0.5, 0.6) is 11.5 Å². The van der Waals surface area contributed by atoms with Crippen LogP contribution in [0.25, 0.3) is 0 Å². The van der Waals surface area contributed by atoms with Gasteiger partial charge in [-0.3, -0.25) is 9.69 Å². The first kappa shape index (κ1) is 21.4. The molecule has 7 heteroatoms. The van der Waals surface area contributed by atoms with E-state index in [0.29, 0.717) is 23.1 Å². The van der Waals surface area contributed by atoms with Crippen molar-refractivity contribution in [3.05, 3.63) is 23.8 Å². The zero-order valence-electron chi connectivity index (χ0n) is 18.1. The Kier molecular flexibility index (Phi) is 6.51. The Labute approximate surface area is 178 Å². The maximum atomic E-state index is 13.1. The van der Waals surface area contributed by atoms with Gasteiger partial charge in [-0.25, -0.2) is 0 Å². The lowest BCUT2D eigenvalue weighted by Crippen LogP contribution is -2.44. The first-order chi connectivity index (χ1) is 14.6. The second-order valence-corrected chi connectivity index (χ2v) is 9.00. The third kappa shape index (κ3) is 4.43. The minimum absolute atomic E-state index is 0.0281. The summed E-state index contributed by atoms with van der Waals surface area (Å²) in [6, 6.07) is 5.62. The van der Waals surface area contributed by atoms with Gasteiger partial charge in [0.2, 0.25) is 0 Å². The summed E-state index contributed by atoms with van der Waals surface area (Å²) in [5.41, 5.74) is 0.786. The highest BCUT2D eigenvalue weighted by Crippen LogP contribution is 2.42. The predicted molar refractivity (Wildman–Crippen MR) is 113 cm³/mol. The van der Waals surface area contributed by atoms with Gasteiger partial charge in [0.15, 0.2) is 0 Å². The molecular formula is C23H34N2O5. The number of aliphatic hydroxyl groups excluding tert-OH is 1. The number of rotatable bonds is 6. The van der Waals surface area contributed by atoms with Gasteiger partial charge < -0.3 is 24.2 Å². The zero-order chi connectivity index (χ0) is 21.1. The molecule has 3 aliphatic heterocycles. The van der Waals surface area contributed by atoms with Crippen molar-refractivity contribution in [3.63, 3.8) is 0 Å². The predicted octanol–water partition coefficient (Wildman–Crippen LogP) is 2.17. The largest absolute Gasteiger partial charge is 0.497 e. The Hall–Kier alpha value is -1.83. The van der Waals surface area contributed by atoms with E-state index in [4.69, 9.17) is 14.2 Å². The van der Waals surface area contributed by atoms with E-state index < -0.39 is 0 Å². The number of carbonyl (C=O) groups is 1. The van der Waals surface area contributed by atoms with E-state index in [1.54, 1.807) is 32.4 Å². The molecule has 0 aliphatic carbocycles. The highest BCUT2D eigenvalue weighted by Gasteiger charge is 2.44. The Morgan fingerprint density at radius 3 is 2.50 bits per heavy atom. The molecule has 7 nitrogen and oxygen atoms in total. The fraction of sp³-hybridized carbons (Fsp3) is 0.696. The second-order valence-electron chi connectivity index (χ2n) is 9.00. The SMILES string of the molecule is COc1cc(OC)cc(C(=O)N2CCC3(CC2)CO[C@H](CN2CCC[C@H]2CO)C3)c1. The molecule has 1 N–H and O–H groups in total. The number of ether oxygens (including phenoxy) is 3. The molecule has 0 bridgehead atoms. The van der Waals surface area contributed by atoms with Gasteiger partial charge in [0.1, 0.15) is 11.5 Å². The van der Waals surface area contributed by atoms with Gasteiger partial charge in [-0.1, -0.05) is 0 Å². The van der Waals surface area contributed by atoms with E-state index >= 15 is 0 Å². The van der Waals surface area contributed by atoms with E-state index in [9.17, 15) is 9.90 Å². The Morgan fingerprint density at radius 2 is 1.87 bits per heavy atom. The zero-order valence-corrected chi connectivity index (χ0v) is 18.1. The van der Waals surface area contributed by atoms with Crippen LogP contribution in [0.3, 0.4) is 0 Å². The van der Waals surface area contributed by atoms with Gasteiger partial charge in [0.05, 0.1) is 33.5 Å². The highest BCUT2D eigenvalue weighted by atomic mass is 16.5. The molecule has 1 aromatic carbocycles. The summed E-state index contributed by atoms with van der Waals surface area (Å²) in [7, 11) is 3.18. The van der Waals surface area contributed by atoms with Crippen LogP contribution >= 0.6 is 0 Å². The molecular weight excluding hydrogens is 384 g/mol. The van der Waals surface area contributed by atoms with Gasteiger partial charge in [-0.15, -0.1) is 0 Å². The van der Waals surface area contributed by atoms with Gasteiger partial charge in [0, 0.05) is 37.3 Å². The summed E-state index contributed by atoms with van der Waals surface area (Å²) in [5, 5.41) is 9.56. The van der Waals surface area contributed by atoms with Crippen molar-refractivity contribution in [3.8, 4) is 11.5 Å². The van der Waals surface area contributed by atoms with Crippen LogP contribution in [-0.2, 0) is 4.74 Å². The van der Waals surface area contributed by atoms with Gasteiger partial charge in [-0.05, 0) is 56.2 Å². The fourth-order valence-corrected chi connectivity index (χ4v) is 5.26. The van der Waals surface area contributed by atoms with Crippen molar-refractivity contribution < 1.29 is 24.1 Å². The van der Waals surface area contributed by atoms with Crippen molar-refractivity contribution in [1.29, 1.82) is 0 Å². The lowest BCUT2D eigenvalue weighted by atomic mass is 9.76. The van der Waals surface area contributed by atoms with E-state index in [1.807, 2.05) is 4.90 Å². The average molecular weight is 419 g/mol. The molecule has 0 saturated carbocycles. The van der Waals surface area contributed by atoms with Crippen LogP contribution in [-0.4, -0.2) is 86.6 Å². The van der Waals surface area contributed by atoms with Crippen molar-refractivity contribution in [2.24, 2.45) is 5.41 Å². The van der Waals surface area contributed by atoms with E-state index in [1.165, 1.54) is 0 Å². The molecule has 4 rings (SSSR count). The van der Waals surface area contributed by atoms with Crippen molar-refractivity contribution in [2.75, 3.05) is 53.6 Å². The van der Waals surface area contributed by atoms with Gasteiger partial charge in [-0.2, -0.15) is 0 Å². The monoisotopic (exact) mass is 418 g/mol. The second kappa shape index (κ2) is 9.12. The van der Waals surface area contributed by atoms with Crippen LogP contribution in [0.2, 0.25) is 0 Å². The highest BCUT2D eigenvalue weighted by molar-refractivity contribution is 5.95. The van der Waals surface area contributed by atoms with Crippen LogP contribution in [0, 0.1) is 5.41 Å². The Bertz CT molecular complexity index is 725. The summed E-state index contributed by atoms with van der Waals surface area (Å²) in [6.07, 6.45) is 5.48. The molecule has 3 fully saturated rings. The van der Waals surface area contributed by atoms with E-state index in [0.717, 1.165) is 64.9 Å². The molecule has 0 aromatic heterocycles. The molecule has 3 aliphatic rings. The molecule has 1 aromatic rings. The normalized spacial score (nSPS) is 26.3. The summed E-state index contributed by atoms with van der Waals surface area (Å²) < 4.78 is 16.8. The van der Waals surface area contributed by atoms with Crippen LogP contribution < -0.4 is 9.47 Å². The molecule has 3 saturated heterocycles. The number of carbonyl (C=O) groups excluding carboxylic acids is 1. The Morgan fingerprint density at radius 1 is 1.17 bits per heavy atom. The number of hydrogen-bond acceptors (Lipinski definition) is 6. The fourth-order valence-electron chi connectivity index (χ4n) is 5.26. The first-order valence-electron chi connectivity index (χ1n) is 11.0. The maximum Gasteiger partial charge on any atom is 0.254 e. The molecule has 2 atom stereocenters. The molecule has 166 valence electrons. The number of hydrogen-bond donors (Lipinski definition) is 1. The number of methoxy groups -OCH3 is 2. The summed E-state index contributed by atoms with van der Waals surface area (Å²) in [4.78, 5) is 17.4. The molecule has 0 unspecified atom stereocenters. The van der Waals surface area contributed by atoms with Crippen LogP contribution in [0.15, 0.2) is 18.2 Å². The smallest absolute Gasteiger partial charge is 0.254 e. The van der Waals surface area contributed by atoms with Crippen molar-refractivity contribution in [1.82, 2.24) is 9.80 Å². The third-order valence-electron chi connectivity index (χ3n) is 7.14. The molecule has 1 amide bonds. The Balaban J connectivity index is 1.33. The number of amides is 1. The number of likely N-dealkylation sites (tertiary alicyclic amines) is 2. The number of aliphatic hydroxyl groups is 1. The van der Waals surface area contributed by atoms with Crippen LogP contribution in [0.4, 0.5) is 0 Å². The first-order valence-corrected chi connectivity index (χ1v) is 11.0. The number of benzene rings is 1. The lowest BCUT2D eigenvalue weighted by molar-refractivity contribution is 0.0401. The summed E-state index contributed by atoms with van der Waals surface area (Å²) in [5.74, 6) is 1.28. The van der Waals surface area contributed by atoms with E-state index in [-0.39, 0.29) is 24.0 Å².